The van der Waals surface area contributed by atoms with Gasteiger partial charge < -0.3 is 19.2 Å². The Bertz CT molecular complexity index is 1160. The topological polar surface area (TPSA) is 77.6 Å². The van der Waals surface area contributed by atoms with E-state index < -0.39 is 17.7 Å². The maximum absolute atomic E-state index is 12.9. The molecule has 6 heteroatoms. The molecule has 0 bridgehead atoms. The number of benzene rings is 2. The molecule has 2 fully saturated rings. The second kappa shape index (κ2) is 7.61. The summed E-state index contributed by atoms with van der Waals surface area (Å²) in [5, 5.41) is 0.837. The summed E-state index contributed by atoms with van der Waals surface area (Å²) in [6.45, 7) is 0. The van der Waals surface area contributed by atoms with Gasteiger partial charge in [0.25, 0.3) is 5.79 Å². The van der Waals surface area contributed by atoms with Crippen LogP contribution in [0.4, 0.5) is 0 Å². The highest BCUT2D eigenvalue weighted by Gasteiger charge is 2.46. The molecule has 1 aliphatic heterocycles. The van der Waals surface area contributed by atoms with Crippen molar-refractivity contribution in [2.24, 2.45) is 0 Å². The molecule has 1 saturated carbocycles. The van der Waals surface area contributed by atoms with Crippen molar-refractivity contribution >= 4 is 28.9 Å². The van der Waals surface area contributed by atoms with E-state index in [4.69, 9.17) is 14.2 Å². The molecule has 1 aliphatic carbocycles. The van der Waals surface area contributed by atoms with Gasteiger partial charge in [-0.3, -0.25) is 0 Å². The number of esters is 2. The van der Waals surface area contributed by atoms with E-state index in [9.17, 15) is 9.59 Å². The van der Waals surface area contributed by atoms with Crippen molar-refractivity contribution < 1.29 is 23.8 Å². The first-order valence-corrected chi connectivity index (χ1v) is 10.5. The summed E-state index contributed by atoms with van der Waals surface area (Å²) in [5.41, 5.74) is 3.22. The number of carbonyl (C=O) groups is 2. The number of fused-ring (bicyclic) bond motifs is 1. The molecule has 1 spiro atoms. The molecule has 0 atom stereocenters. The van der Waals surface area contributed by atoms with Crippen LogP contribution in [0.3, 0.4) is 0 Å². The smallest absolute Gasteiger partial charge is 0.348 e. The van der Waals surface area contributed by atoms with Crippen LogP contribution in [0.25, 0.3) is 28.2 Å². The van der Waals surface area contributed by atoms with Crippen LogP contribution < -0.4 is 4.74 Å². The van der Waals surface area contributed by atoms with Crippen molar-refractivity contribution in [1.29, 1.82) is 0 Å². The fraction of sp³-hybridized carbons (Fsp3) is 0.280. The Labute approximate surface area is 179 Å². The fourth-order valence-electron chi connectivity index (χ4n) is 4.41. The molecule has 0 amide bonds. The van der Waals surface area contributed by atoms with Crippen LogP contribution in [0.2, 0.25) is 0 Å². The molecule has 0 unspecified atom stereocenters. The SMILES string of the molecule is COc1ccc2[nH]c(-c3ccccc3)c(C=C3C(=O)OC4(CCCCC4)OC3=O)c2c1. The highest BCUT2D eigenvalue weighted by atomic mass is 16.7. The number of methoxy groups -OCH3 is 1. The molecule has 3 aromatic rings. The van der Waals surface area contributed by atoms with E-state index in [-0.39, 0.29) is 5.57 Å². The van der Waals surface area contributed by atoms with Crippen molar-refractivity contribution in [2.45, 2.75) is 37.9 Å². The van der Waals surface area contributed by atoms with Crippen LogP contribution in [0.5, 0.6) is 5.75 Å². The second-order valence-electron chi connectivity index (χ2n) is 8.00. The monoisotopic (exact) mass is 417 g/mol. The van der Waals surface area contributed by atoms with Gasteiger partial charge in [0.2, 0.25) is 0 Å². The Kier molecular flexibility index (Phi) is 4.77. The summed E-state index contributed by atoms with van der Waals surface area (Å²) in [6, 6.07) is 15.4. The average molecular weight is 417 g/mol. The molecule has 6 nitrogen and oxygen atoms in total. The van der Waals surface area contributed by atoms with Gasteiger partial charge in [-0.05, 0) is 42.7 Å². The molecule has 1 N–H and O–H groups in total. The number of aromatic nitrogens is 1. The van der Waals surface area contributed by atoms with Gasteiger partial charge in [0.05, 0.1) is 12.8 Å². The third-order valence-electron chi connectivity index (χ3n) is 6.01. The summed E-state index contributed by atoms with van der Waals surface area (Å²) in [7, 11) is 1.60. The molecule has 2 aromatic carbocycles. The number of nitrogens with one attached hydrogen (secondary N) is 1. The van der Waals surface area contributed by atoms with Crippen molar-refractivity contribution in [3.63, 3.8) is 0 Å². The van der Waals surface area contributed by atoms with Gasteiger partial charge in [-0.25, -0.2) is 9.59 Å². The van der Waals surface area contributed by atoms with Gasteiger partial charge >= 0.3 is 11.9 Å². The van der Waals surface area contributed by atoms with E-state index in [1.165, 1.54) is 0 Å². The van der Waals surface area contributed by atoms with Crippen LogP contribution in [-0.2, 0) is 19.1 Å². The third kappa shape index (κ3) is 3.48. The highest BCUT2D eigenvalue weighted by Crippen LogP contribution is 2.39. The third-order valence-corrected chi connectivity index (χ3v) is 6.01. The molecule has 1 aromatic heterocycles. The summed E-state index contributed by atoms with van der Waals surface area (Å²) in [5.74, 6) is -1.68. The number of ether oxygens (including phenoxy) is 3. The summed E-state index contributed by atoms with van der Waals surface area (Å²) in [6.07, 6.45) is 5.48. The molecule has 31 heavy (non-hydrogen) atoms. The van der Waals surface area contributed by atoms with Crippen LogP contribution in [-0.4, -0.2) is 29.8 Å². The lowest BCUT2D eigenvalue weighted by atomic mass is 9.93. The number of carbonyl (C=O) groups excluding carboxylic acids is 2. The summed E-state index contributed by atoms with van der Waals surface area (Å²) in [4.78, 5) is 29.2. The molecule has 5 rings (SSSR count). The van der Waals surface area contributed by atoms with Gasteiger partial charge in [0.15, 0.2) is 0 Å². The lowest BCUT2D eigenvalue weighted by Crippen LogP contribution is -2.47. The zero-order chi connectivity index (χ0) is 21.4. The lowest BCUT2D eigenvalue weighted by Gasteiger charge is -2.38. The minimum atomic E-state index is -1.10. The predicted octanol–water partition coefficient (Wildman–Crippen LogP) is 4.99. The Balaban J connectivity index is 1.63. The minimum absolute atomic E-state index is 0.0999. The number of H-pyrrole nitrogens is 1. The molecule has 2 aliphatic rings. The van der Waals surface area contributed by atoms with Crippen molar-refractivity contribution in [2.75, 3.05) is 7.11 Å². The summed E-state index contributed by atoms with van der Waals surface area (Å²) >= 11 is 0. The lowest BCUT2D eigenvalue weighted by molar-refractivity contribution is -0.244. The Morgan fingerprint density at radius 3 is 2.35 bits per heavy atom. The molecule has 2 heterocycles. The first kappa shape index (κ1) is 19.4. The van der Waals surface area contributed by atoms with Gasteiger partial charge in [0, 0.05) is 29.3 Å². The van der Waals surface area contributed by atoms with E-state index in [1.54, 1.807) is 13.2 Å². The number of hydrogen-bond donors (Lipinski definition) is 1. The van der Waals surface area contributed by atoms with Crippen LogP contribution in [0.1, 0.15) is 37.7 Å². The Hall–Kier alpha value is -3.54. The Morgan fingerprint density at radius 1 is 0.968 bits per heavy atom. The molecular weight excluding hydrogens is 394 g/mol. The second-order valence-corrected chi connectivity index (χ2v) is 8.00. The van der Waals surface area contributed by atoms with E-state index >= 15 is 0 Å². The molecule has 0 radical (unpaired) electrons. The van der Waals surface area contributed by atoms with E-state index in [1.807, 2.05) is 48.5 Å². The van der Waals surface area contributed by atoms with Gasteiger partial charge in [-0.2, -0.15) is 0 Å². The average Bonchev–Trinajstić information content (AvgIpc) is 3.15. The minimum Gasteiger partial charge on any atom is -0.497 e. The quantitative estimate of drug-likeness (QED) is 0.369. The number of hydrogen-bond acceptors (Lipinski definition) is 5. The normalized spacial score (nSPS) is 18.0. The van der Waals surface area contributed by atoms with E-state index in [0.717, 1.165) is 41.4 Å². The van der Waals surface area contributed by atoms with Crippen molar-refractivity contribution in [3.8, 4) is 17.0 Å². The molecule has 158 valence electrons. The molecule has 1 saturated heterocycles. The van der Waals surface area contributed by atoms with Crippen LogP contribution >= 0.6 is 0 Å². The largest absolute Gasteiger partial charge is 0.497 e. The van der Waals surface area contributed by atoms with Crippen molar-refractivity contribution in [3.05, 3.63) is 59.7 Å². The highest BCUT2D eigenvalue weighted by molar-refractivity contribution is 6.20. The van der Waals surface area contributed by atoms with Crippen LogP contribution in [0, 0.1) is 0 Å². The summed E-state index contributed by atoms with van der Waals surface area (Å²) < 4.78 is 16.7. The number of rotatable bonds is 3. The maximum atomic E-state index is 12.9. The van der Waals surface area contributed by atoms with Crippen molar-refractivity contribution in [1.82, 2.24) is 4.98 Å². The standard InChI is InChI=1S/C25H23NO5/c1-29-17-10-11-21-18(14-17)19(22(26-21)16-8-4-2-5-9-16)15-20-23(27)30-25(31-24(20)28)12-6-3-7-13-25/h2,4-5,8-11,14-15,26H,3,6-7,12-13H2,1H3. The molecular formula is C25H23NO5. The fourth-order valence-corrected chi connectivity index (χ4v) is 4.41. The van der Waals surface area contributed by atoms with Crippen LogP contribution in [0.15, 0.2) is 54.1 Å². The van der Waals surface area contributed by atoms with E-state index in [0.29, 0.717) is 24.2 Å². The maximum Gasteiger partial charge on any atom is 0.348 e. The first-order chi connectivity index (χ1) is 15.1. The van der Waals surface area contributed by atoms with Gasteiger partial charge in [-0.15, -0.1) is 0 Å². The van der Waals surface area contributed by atoms with Gasteiger partial charge in [0.1, 0.15) is 11.3 Å². The first-order valence-electron chi connectivity index (χ1n) is 10.5. The number of aromatic amines is 1. The Morgan fingerprint density at radius 2 is 1.68 bits per heavy atom. The zero-order valence-electron chi connectivity index (χ0n) is 17.3. The zero-order valence-corrected chi connectivity index (χ0v) is 17.3. The van der Waals surface area contributed by atoms with Gasteiger partial charge in [-0.1, -0.05) is 36.8 Å². The van der Waals surface area contributed by atoms with E-state index in [2.05, 4.69) is 4.98 Å². The predicted molar refractivity (Wildman–Crippen MR) is 116 cm³/mol.